The molecule has 7 heteroatoms. The molecular formula is C17H21N3O3S. The Labute approximate surface area is 145 Å². The Balaban J connectivity index is 1.40. The summed E-state index contributed by atoms with van der Waals surface area (Å²) in [5.74, 6) is 0.700. The van der Waals surface area contributed by atoms with E-state index in [4.69, 9.17) is 9.15 Å². The maximum absolute atomic E-state index is 12.5. The number of aryl methyl sites for hydroxylation is 1. The number of nitrogens with zero attached hydrogens (tertiary/aromatic N) is 3. The van der Waals surface area contributed by atoms with Crippen molar-refractivity contribution in [2.45, 2.75) is 19.6 Å². The first-order valence-corrected chi connectivity index (χ1v) is 9.15. The fourth-order valence-corrected chi connectivity index (χ4v) is 4.14. The van der Waals surface area contributed by atoms with Crippen LogP contribution in [-0.4, -0.2) is 59.6 Å². The van der Waals surface area contributed by atoms with E-state index in [1.54, 1.807) is 23.5 Å². The zero-order valence-corrected chi connectivity index (χ0v) is 14.5. The highest BCUT2D eigenvalue weighted by atomic mass is 32.1. The van der Waals surface area contributed by atoms with Gasteiger partial charge in [0.2, 0.25) is 0 Å². The van der Waals surface area contributed by atoms with E-state index in [0.29, 0.717) is 24.8 Å². The third-order valence-corrected chi connectivity index (χ3v) is 5.51. The van der Waals surface area contributed by atoms with E-state index in [9.17, 15) is 4.79 Å². The second-order valence-corrected chi connectivity index (χ2v) is 7.51. The van der Waals surface area contributed by atoms with Crippen LogP contribution in [0.1, 0.15) is 21.3 Å². The van der Waals surface area contributed by atoms with Crippen LogP contribution in [0.2, 0.25) is 0 Å². The summed E-state index contributed by atoms with van der Waals surface area (Å²) in [6.07, 6.45) is 1.65. The van der Waals surface area contributed by atoms with Gasteiger partial charge in [-0.05, 0) is 19.1 Å². The Morgan fingerprint density at radius 1 is 1.42 bits per heavy atom. The zero-order valence-electron chi connectivity index (χ0n) is 13.7. The van der Waals surface area contributed by atoms with E-state index in [1.807, 2.05) is 11.8 Å². The van der Waals surface area contributed by atoms with Crippen LogP contribution >= 0.6 is 11.3 Å². The van der Waals surface area contributed by atoms with Crippen LogP contribution in [0.5, 0.6) is 0 Å². The van der Waals surface area contributed by atoms with Crippen LogP contribution in [0.3, 0.4) is 0 Å². The Bertz CT molecular complexity index is 700. The number of thiazole rings is 1. The molecule has 2 fully saturated rings. The van der Waals surface area contributed by atoms with Crippen LogP contribution in [0.25, 0.3) is 0 Å². The first-order valence-electron chi connectivity index (χ1n) is 8.27. The van der Waals surface area contributed by atoms with E-state index in [1.165, 1.54) is 6.26 Å². The maximum Gasteiger partial charge on any atom is 0.289 e. The fraction of sp³-hybridized carbons (Fsp3) is 0.529. The second-order valence-electron chi connectivity index (χ2n) is 6.45. The van der Waals surface area contributed by atoms with E-state index in [-0.39, 0.29) is 12.0 Å². The molecule has 1 amide bonds. The molecule has 0 spiro atoms. The largest absolute Gasteiger partial charge is 0.459 e. The van der Waals surface area contributed by atoms with Gasteiger partial charge in [0.05, 0.1) is 29.7 Å². The molecule has 0 N–H and O–H groups in total. The lowest BCUT2D eigenvalue weighted by Gasteiger charge is -2.22. The Hall–Kier alpha value is -1.70. The van der Waals surface area contributed by atoms with Crippen molar-refractivity contribution in [3.05, 3.63) is 40.2 Å². The summed E-state index contributed by atoms with van der Waals surface area (Å²) in [5, 5.41) is 3.23. The Kier molecular flexibility index (Phi) is 4.39. The lowest BCUT2D eigenvalue weighted by Crippen LogP contribution is -2.33. The fourth-order valence-electron chi connectivity index (χ4n) is 3.54. The van der Waals surface area contributed by atoms with Gasteiger partial charge in [0.15, 0.2) is 5.76 Å². The van der Waals surface area contributed by atoms with Crippen molar-refractivity contribution < 1.29 is 13.9 Å². The third-order valence-electron chi connectivity index (χ3n) is 4.68. The van der Waals surface area contributed by atoms with E-state index >= 15 is 0 Å². The molecule has 2 aliphatic rings. The Morgan fingerprint density at radius 2 is 2.33 bits per heavy atom. The van der Waals surface area contributed by atoms with E-state index in [0.717, 1.165) is 36.9 Å². The van der Waals surface area contributed by atoms with Crippen molar-refractivity contribution in [1.82, 2.24) is 14.8 Å². The van der Waals surface area contributed by atoms with Crippen molar-refractivity contribution in [2.24, 2.45) is 5.92 Å². The van der Waals surface area contributed by atoms with Crippen molar-refractivity contribution in [3.63, 3.8) is 0 Å². The first kappa shape index (κ1) is 15.8. The molecule has 0 radical (unpaired) electrons. The average Bonchev–Trinajstić information content (AvgIpc) is 3.28. The smallest absolute Gasteiger partial charge is 0.289 e. The van der Waals surface area contributed by atoms with Gasteiger partial charge in [0.1, 0.15) is 0 Å². The van der Waals surface area contributed by atoms with Crippen LogP contribution in [-0.2, 0) is 11.3 Å². The number of furan rings is 1. The minimum Gasteiger partial charge on any atom is -0.459 e. The molecule has 0 saturated carbocycles. The lowest BCUT2D eigenvalue weighted by molar-refractivity contribution is 0.0476. The molecule has 0 aromatic carbocycles. The zero-order chi connectivity index (χ0) is 16.5. The van der Waals surface area contributed by atoms with E-state index in [2.05, 4.69) is 15.3 Å². The van der Waals surface area contributed by atoms with Crippen molar-refractivity contribution >= 4 is 17.2 Å². The van der Waals surface area contributed by atoms with Gasteiger partial charge < -0.3 is 14.1 Å². The minimum absolute atomic E-state index is 0.0432. The molecule has 2 saturated heterocycles. The van der Waals surface area contributed by atoms with Crippen LogP contribution in [0.4, 0.5) is 0 Å². The molecule has 0 aliphatic carbocycles. The van der Waals surface area contributed by atoms with Gasteiger partial charge in [-0.2, -0.15) is 0 Å². The second kappa shape index (κ2) is 6.66. The van der Waals surface area contributed by atoms with Gasteiger partial charge >= 0.3 is 0 Å². The van der Waals surface area contributed by atoms with Gasteiger partial charge in [-0.25, -0.2) is 4.98 Å². The number of hydrogen-bond acceptors (Lipinski definition) is 6. The average molecular weight is 347 g/mol. The van der Waals surface area contributed by atoms with Crippen LogP contribution < -0.4 is 0 Å². The summed E-state index contributed by atoms with van der Waals surface area (Å²) in [6.45, 7) is 6.80. The summed E-state index contributed by atoms with van der Waals surface area (Å²) < 4.78 is 11.3. The predicted molar refractivity (Wildman–Crippen MR) is 90.0 cm³/mol. The molecule has 0 bridgehead atoms. The molecule has 2 aliphatic heterocycles. The topological polar surface area (TPSA) is 58.8 Å². The quantitative estimate of drug-likeness (QED) is 0.850. The van der Waals surface area contributed by atoms with Crippen molar-refractivity contribution in [3.8, 4) is 0 Å². The van der Waals surface area contributed by atoms with Gasteiger partial charge in [-0.3, -0.25) is 9.69 Å². The van der Waals surface area contributed by atoms with Crippen molar-refractivity contribution in [2.75, 3.05) is 32.8 Å². The molecule has 0 unspecified atom stereocenters. The number of carbonyl (C=O) groups excluding carboxylic acids is 1. The summed E-state index contributed by atoms with van der Waals surface area (Å²) in [7, 11) is 0. The van der Waals surface area contributed by atoms with Gasteiger partial charge in [-0.1, -0.05) is 0 Å². The van der Waals surface area contributed by atoms with Gasteiger partial charge in [0, 0.05) is 44.0 Å². The number of amides is 1. The number of hydrogen-bond donors (Lipinski definition) is 0. The molecule has 2 atom stereocenters. The summed E-state index contributed by atoms with van der Waals surface area (Å²) in [6, 6.07) is 3.46. The SMILES string of the molecule is Cc1nc(CN2CCO[C@H]3CN(C(=O)c4ccco4)C[C@H]3C2)cs1. The standard InChI is InChI=1S/C17H21N3O3S/c1-12-18-14(11-24-12)9-19-4-6-23-16-10-20(8-13(16)7-19)17(21)15-3-2-5-22-15/h2-3,5,11,13,16H,4,6-10H2,1H3/t13-,16+/m1/s1. The highest BCUT2D eigenvalue weighted by molar-refractivity contribution is 7.09. The highest BCUT2D eigenvalue weighted by Gasteiger charge is 2.39. The number of likely N-dealkylation sites (tertiary alicyclic amines) is 1. The normalized spacial score (nSPS) is 24.8. The number of aromatic nitrogens is 1. The third kappa shape index (κ3) is 3.24. The number of carbonyl (C=O) groups is 1. The monoisotopic (exact) mass is 347 g/mol. The molecule has 128 valence electrons. The molecule has 6 nitrogen and oxygen atoms in total. The molecular weight excluding hydrogens is 326 g/mol. The molecule has 4 rings (SSSR count). The molecule has 24 heavy (non-hydrogen) atoms. The molecule has 4 heterocycles. The minimum atomic E-state index is -0.0432. The summed E-state index contributed by atoms with van der Waals surface area (Å²) >= 11 is 1.69. The van der Waals surface area contributed by atoms with Crippen LogP contribution in [0, 0.1) is 12.8 Å². The lowest BCUT2D eigenvalue weighted by atomic mass is 10.1. The number of rotatable bonds is 3. The van der Waals surface area contributed by atoms with Crippen LogP contribution in [0.15, 0.2) is 28.2 Å². The highest BCUT2D eigenvalue weighted by Crippen LogP contribution is 2.26. The van der Waals surface area contributed by atoms with Gasteiger partial charge in [0.25, 0.3) is 5.91 Å². The molecule has 2 aromatic rings. The maximum atomic E-state index is 12.5. The van der Waals surface area contributed by atoms with E-state index < -0.39 is 0 Å². The Morgan fingerprint density at radius 3 is 3.08 bits per heavy atom. The predicted octanol–water partition coefficient (Wildman–Crippen LogP) is 2.02. The number of ether oxygens (including phenoxy) is 1. The van der Waals surface area contributed by atoms with Gasteiger partial charge in [-0.15, -0.1) is 11.3 Å². The summed E-state index contributed by atoms with van der Waals surface area (Å²) in [5.41, 5.74) is 1.12. The molecule has 2 aromatic heterocycles. The first-order chi connectivity index (χ1) is 11.7. The summed E-state index contributed by atoms with van der Waals surface area (Å²) in [4.78, 5) is 21.3. The van der Waals surface area contributed by atoms with Crippen molar-refractivity contribution in [1.29, 1.82) is 0 Å². The number of fused-ring (bicyclic) bond motifs is 1.